The number of fused-ring (bicyclic) bond motifs is 1. The lowest BCUT2D eigenvalue weighted by molar-refractivity contribution is -0.140. The Bertz CT molecular complexity index is 785. The molecule has 1 amide bonds. The molecule has 0 radical (unpaired) electrons. The molecule has 0 spiro atoms. The number of amides is 1. The van der Waals surface area contributed by atoms with E-state index in [0.717, 1.165) is 10.0 Å². The van der Waals surface area contributed by atoms with E-state index >= 15 is 0 Å². The molecular formula is C17H22BrN3O3. The highest BCUT2D eigenvalue weighted by Gasteiger charge is 2.28. The number of carbonyl (C=O) groups excluding carboxylic acids is 1. The van der Waals surface area contributed by atoms with Crippen LogP contribution in [0, 0.1) is 12.8 Å². The molecule has 2 rings (SSSR count). The van der Waals surface area contributed by atoms with Crippen LogP contribution in [0.1, 0.15) is 48.9 Å². The summed E-state index contributed by atoms with van der Waals surface area (Å²) in [5.74, 6) is -1.60. The van der Waals surface area contributed by atoms with Crippen LogP contribution in [-0.4, -0.2) is 32.4 Å². The first-order valence-corrected chi connectivity index (χ1v) is 8.80. The molecule has 0 aliphatic carbocycles. The first-order chi connectivity index (χ1) is 11.3. The second-order valence-electron chi connectivity index (χ2n) is 5.97. The fraction of sp³-hybridized carbons (Fsp3) is 0.471. The Balaban J connectivity index is 2.50. The number of aliphatic carboxylic acids is 1. The second kappa shape index (κ2) is 7.34. The summed E-state index contributed by atoms with van der Waals surface area (Å²) < 4.78 is 2.56. The van der Waals surface area contributed by atoms with Gasteiger partial charge in [0.05, 0.1) is 5.69 Å². The summed E-state index contributed by atoms with van der Waals surface area (Å²) in [6, 6.07) is 1.01. The standard InChI is InChI=1S/C17H22BrN3O3/c1-5-9(3)13(17(23)24)20-16(22)14-12(6-2)19-15-10(4)7-11(18)8-21(14)15/h7-9,13H,5-6H2,1-4H3,(H,20,22)(H,23,24). The fourth-order valence-electron chi connectivity index (χ4n) is 2.70. The molecule has 2 unspecified atom stereocenters. The van der Waals surface area contributed by atoms with Gasteiger partial charge in [0.25, 0.3) is 5.91 Å². The molecule has 0 aromatic carbocycles. The number of nitrogens with zero attached hydrogens (tertiary/aromatic N) is 2. The zero-order valence-corrected chi connectivity index (χ0v) is 15.8. The lowest BCUT2D eigenvalue weighted by Crippen LogP contribution is -2.45. The van der Waals surface area contributed by atoms with E-state index in [1.807, 2.05) is 33.8 Å². The lowest BCUT2D eigenvalue weighted by atomic mass is 9.99. The van der Waals surface area contributed by atoms with Crippen LogP contribution in [0.3, 0.4) is 0 Å². The van der Waals surface area contributed by atoms with Crippen molar-refractivity contribution in [3.05, 3.63) is 33.7 Å². The molecule has 0 fully saturated rings. The van der Waals surface area contributed by atoms with Crippen molar-refractivity contribution >= 4 is 33.5 Å². The van der Waals surface area contributed by atoms with Crippen molar-refractivity contribution in [2.75, 3.05) is 0 Å². The molecule has 2 aromatic rings. The second-order valence-corrected chi connectivity index (χ2v) is 6.89. The Morgan fingerprint density at radius 2 is 2.08 bits per heavy atom. The van der Waals surface area contributed by atoms with Gasteiger partial charge in [-0.1, -0.05) is 27.2 Å². The van der Waals surface area contributed by atoms with Gasteiger partial charge in [0, 0.05) is 10.7 Å². The number of hydrogen-bond donors (Lipinski definition) is 2. The number of imidazole rings is 1. The molecule has 0 bridgehead atoms. The van der Waals surface area contributed by atoms with Gasteiger partial charge in [-0.15, -0.1) is 0 Å². The summed E-state index contributed by atoms with van der Waals surface area (Å²) in [4.78, 5) is 28.8. The molecule has 0 saturated carbocycles. The maximum Gasteiger partial charge on any atom is 0.326 e. The van der Waals surface area contributed by atoms with E-state index in [2.05, 4.69) is 26.2 Å². The number of nitrogens with one attached hydrogen (secondary N) is 1. The maximum absolute atomic E-state index is 12.8. The van der Waals surface area contributed by atoms with Crippen LogP contribution in [0.5, 0.6) is 0 Å². The number of carbonyl (C=O) groups is 2. The molecule has 0 aliphatic heterocycles. The zero-order chi connectivity index (χ0) is 18.0. The molecule has 6 nitrogen and oxygen atoms in total. The van der Waals surface area contributed by atoms with Gasteiger partial charge in [0.2, 0.25) is 0 Å². The highest BCUT2D eigenvalue weighted by atomic mass is 79.9. The molecule has 130 valence electrons. The number of hydrogen-bond acceptors (Lipinski definition) is 3. The summed E-state index contributed by atoms with van der Waals surface area (Å²) in [6.07, 6.45) is 3.03. The van der Waals surface area contributed by atoms with Gasteiger partial charge in [0.15, 0.2) is 0 Å². The van der Waals surface area contributed by atoms with Gasteiger partial charge >= 0.3 is 5.97 Å². The van der Waals surface area contributed by atoms with Crippen LogP contribution in [0.4, 0.5) is 0 Å². The highest BCUT2D eigenvalue weighted by molar-refractivity contribution is 9.10. The van der Waals surface area contributed by atoms with Crippen LogP contribution in [0.25, 0.3) is 5.65 Å². The van der Waals surface area contributed by atoms with Gasteiger partial charge in [-0.05, 0) is 46.8 Å². The monoisotopic (exact) mass is 395 g/mol. The summed E-state index contributed by atoms with van der Waals surface area (Å²) in [5, 5.41) is 12.1. The number of rotatable bonds is 6. The van der Waals surface area contributed by atoms with Crippen LogP contribution in [0.15, 0.2) is 16.7 Å². The molecule has 2 aromatic heterocycles. The summed E-state index contributed by atoms with van der Waals surface area (Å²) in [6.45, 7) is 7.56. The van der Waals surface area contributed by atoms with Crippen molar-refractivity contribution in [3.63, 3.8) is 0 Å². The van der Waals surface area contributed by atoms with E-state index in [-0.39, 0.29) is 5.92 Å². The van der Waals surface area contributed by atoms with Gasteiger partial charge in [-0.25, -0.2) is 9.78 Å². The van der Waals surface area contributed by atoms with Crippen molar-refractivity contribution in [1.29, 1.82) is 0 Å². The number of carboxylic acid groups (broad SMARTS) is 1. The normalized spacial score (nSPS) is 13.7. The molecule has 2 N–H and O–H groups in total. The fourth-order valence-corrected chi connectivity index (χ4v) is 3.24. The van der Waals surface area contributed by atoms with Crippen molar-refractivity contribution in [3.8, 4) is 0 Å². The lowest BCUT2D eigenvalue weighted by Gasteiger charge is -2.20. The Kier molecular flexibility index (Phi) is 5.64. The summed E-state index contributed by atoms with van der Waals surface area (Å²) >= 11 is 3.43. The summed E-state index contributed by atoms with van der Waals surface area (Å²) in [7, 11) is 0. The highest BCUT2D eigenvalue weighted by Crippen LogP contribution is 2.21. The Morgan fingerprint density at radius 1 is 1.42 bits per heavy atom. The topological polar surface area (TPSA) is 83.7 Å². The molecular weight excluding hydrogens is 374 g/mol. The van der Waals surface area contributed by atoms with Gasteiger partial charge in [-0.3, -0.25) is 9.20 Å². The van der Waals surface area contributed by atoms with Crippen LogP contribution < -0.4 is 5.32 Å². The zero-order valence-electron chi connectivity index (χ0n) is 14.3. The third-order valence-corrected chi connectivity index (χ3v) is 4.69. The minimum atomic E-state index is -1.03. The van der Waals surface area contributed by atoms with Crippen molar-refractivity contribution in [2.24, 2.45) is 5.92 Å². The average Bonchev–Trinajstić information content (AvgIpc) is 2.90. The molecule has 0 saturated heterocycles. The first kappa shape index (κ1) is 18.4. The predicted molar refractivity (Wildman–Crippen MR) is 95.4 cm³/mol. The minimum absolute atomic E-state index is 0.163. The quantitative estimate of drug-likeness (QED) is 0.786. The predicted octanol–water partition coefficient (Wildman–Crippen LogP) is 3.20. The van der Waals surface area contributed by atoms with E-state index in [0.29, 0.717) is 29.9 Å². The Hall–Kier alpha value is -1.89. The third kappa shape index (κ3) is 3.45. The van der Waals surface area contributed by atoms with E-state index in [9.17, 15) is 14.7 Å². The minimum Gasteiger partial charge on any atom is -0.480 e. The molecule has 2 atom stereocenters. The van der Waals surface area contributed by atoms with Crippen LogP contribution >= 0.6 is 15.9 Å². The molecule has 2 heterocycles. The molecule has 7 heteroatoms. The number of aryl methyl sites for hydroxylation is 2. The largest absolute Gasteiger partial charge is 0.480 e. The summed E-state index contributed by atoms with van der Waals surface area (Å²) in [5.41, 5.74) is 2.69. The SMILES string of the molecule is CCc1nc2c(C)cc(Br)cn2c1C(=O)NC(C(=O)O)C(C)CC. The van der Waals surface area contributed by atoms with Crippen molar-refractivity contribution < 1.29 is 14.7 Å². The number of pyridine rings is 1. The van der Waals surface area contributed by atoms with E-state index in [4.69, 9.17) is 0 Å². The van der Waals surface area contributed by atoms with Crippen LogP contribution in [-0.2, 0) is 11.2 Å². The van der Waals surface area contributed by atoms with E-state index in [1.54, 1.807) is 10.6 Å². The molecule has 24 heavy (non-hydrogen) atoms. The number of carboxylic acids is 1. The van der Waals surface area contributed by atoms with Gasteiger partial charge < -0.3 is 10.4 Å². The van der Waals surface area contributed by atoms with Crippen molar-refractivity contribution in [2.45, 2.75) is 46.6 Å². The third-order valence-electron chi connectivity index (χ3n) is 4.26. The van der Waals surface area contributed by atoms with Gasteiger partial charge in [0.1, 0.15) is 17.4 Å². The van der Waals surface area contributed by atoms with Gasteiger partial charge in [-0.2, -0.15) is 0 Å². The maximum atomic E-state index is 12.8. The average molecular weight is 396 g/mol. The van der Waals surface area contributed by atoms with Crippen molar-refractivity contribution in [1.82, 2.24) is 14.7 Å². The molecule has 0 aliphatic rings. The Morgan fingerprint density at radius 3 is 2.62 bits per heavy atom. The van der Waals surface area contributed by atoms with E-state index in [1.165, 1.54) is 0 Å². The van der Waals surface area contributed by atoms with E-state index < -0.39 is 17.9 Å². The number of aromatic nitrogens is 2. The Labute approximate surface area is 149 Å². The van der Waals surface area contributed by atoms with Crippen LogP contribution in [0.2, 0.25) is 0 Å². The smallest absolute Gasteiger partial charge is 0.326 e. The number of halogens is 1. The first-order valence-electron chi connectivity index (χ1n) is 8.00.